The minimum Gasteiger partial charge on any atom is -0.489 e. The van der Waals surface area contributed by atoms with E-state index in [1.54, 1.807) is 12.1 Å². The Morgan fingerprint density at radius 1 is 0.906 bits per heavy atom. The van der Waals surface area contributed by atoms with Crippen molar-refractivity contribution < 1.29 is 9.53 Å². The summed E-state index contributed by atoms with van der Waals surface area (Å²) in [7, 11) is 0. The summed E-state index contributed by atoms with van der Waals surface area (Å²) in [6.07, 6.45) is 0. The number of rotatable bonds is 6. The van der Waals surface area contributed by atoms with Crippen LogP contribution in [0.1, 0.15) is 15.9 Å². The van der Waals surface area contributed by atoms with Crippen LogP contribution in [0.25, 0.3) is 22.4 Å². The summed E-state index contributed by atoms with van der Waals surface area (Å²) in [5.41, 5.74) is 5.17. The third kappa shape index (κ3) is 4.32. The van der Waals surface area contributed by atoms with Crippen LogP contribution < -0.4 is 10.1 Å². The van der Waals surface area contributed by atoms with Crippen LogP contribution in [0.2, 0.25) is 0 Å². The fourth-order valence-electron chi connectivity index (χ4n) is 3.30. The Morgan fingerprint density at radius 2 is 1.75 bits per heavy atom. The van der Waals surface area contributed by atoms with Crippen LogP contribution in [-0.4, -0.2) is 26.3 Å². The number of H-pyrrole nitrogens is 1. The van der Waals surface area contributed by atoms with E-state index < -0.39 is 0 Å². The number of fused-ring (bicyclic) bond motifs is 1. The molecular weight excluding hydrogens is 402 g/mol. The molecule has 0 radical (unpaired) electrons. The average molecular weight is 421 g/mol. The van der Waals surface area contributed by atoms with Crippen LogP contribution >= 0.6 is 0 Å². The lowest BCUT2D eigenvalue weighted by atomic mass is 10.1. The monoisotopic (exact) mass is 421 g/mol. The number of anilines is 1. The molecule has 0 spiro atoms. The molecule has 3 aromatic carbocycles. The molecule has 0 aliphatic heterocycles. The summed E-state index contributed by atoms with van der Waals surface area (Å²) in [4.78, 5) is 17.3. The number of carbonyl (C=O) groups excluding carboxylic acids is 1. The fraction of sp³-hybridized carbons (Fsp3) is 0.0400. The molecule has 0 bridgehead atoms. The van der Waals surface area contributed by atoms with Crippen LogP contribution in [0, 0.1) is 0 Å². The molecule has 0 saturated heterocycles. The number of hydrogen-bond acceptors (Lipinski definition) is 5. The summed E-state index contributed by atoms with van der Waals surface area (Å²) in [6.45, 7) is 0.494. The Kier molecular flexibility index (Phi) is 5.28. The molecule has 7 nitrogen and oxygen atoms in total. The second kappa shape index (κ2) is 8.69. The summed E-state index contributed by atoms with van der Waals surface area (Å²) < 4.78 is 5.79. The van der Waals surface area contributed by atoms with Gasteiger partial charge in [0, 0.05) is 16.8 Å². The molecule has 0 atom stereocenters. The molecule has 2 aromatic heterocycles. The number of amides is 1. The van der Waals surface area contributed by atoms with Gasteiger partial charge in [-0.05, 0) is 54.1 Å². The van der Waals surface area contributed by atoms with Crippen molar-refractivity contribution in [3.63, 3.8) is 0 Å². The number of ether oxygens (including phenoxy) is 1. The van der Waals surface area contributed by atoms with E-state index in [-0.39, 0.29) is 5.91 Å². The summed E-state index contributed by atoms with van der Waals surface area (Å²) in [5.74, 6) is 0.537. The molecule has 5 aromatic rings. The van der Waals surface area contributed by atoms with E-state index in [0.29, 0.717) is 23.5 Å². The maximum absolute atomic E-state index is 12.8. The molecule has 5 rings (SSSR count). The Labute approximate surface area is 184 Å². The van der Waals surface area contributed by atoms with Gasteiger partial charge in [0.15, 0.2) is 0 Å². The third-order valence-corrected chi connectivity index (χ3v) is 4.97. The van der Waals surface area contributed by atoms with Crippen molar-refractivity contribution in [2.75, 3.05) is 5.32 Å². The van der Waals surface area contributed by atoms with E-state index in [4.69, 9.17) is 4.74 Å². The van der Waals surface area contributed by atoms with Crippen molar-refractivity contribution >= 4 is 22.8 Å². The third-order valence-electron chi connectivity index (χ3n) is 4.97. The van der Waals surface area contributed by atoms with Gasteiger partial charge in [-0.15, -0.1) is 5.10 Å². The van der Waals surface area contributed by atoms with Crippen molar-refractivity contribution in [1.29, 1.82) is 0 Å². The van der Waals surface area contributed by atoms with Gasteiger partial charge in [-0.25, -0.2) is 4.98 Å². The molecule has 1 amide bonds. The van der Waals surface area contributed by atoms with E-state index in [1.807, 2.05) is 78.9 Å². The van der Waals surface area contributed by atoms with E-state index in [2.05, 4.69) is 25.7 Å². The molecular formula is C25H19N5O2. The fourth-order valence-corrected chi connectivity index (χ4v) is 3.30. The number of nitrogens with one attached hydrogen (secondary N) is 2. The zero-order valence-corrected chi connectivity index (χ0v) is 17.0. The number of aromatic amines is 1. The number of nitrogens with zero attached hydrogens (tertiary/aromatic N) is 3. The predicted octanol–water partition coefficient (Wildman–Crippen LogP) is 4.85. The highest BCUT2D eigenvalue weighted by molar-refractivity contribution is 6.05. The van der Waals surface area contributed by atoms with Gasteiger partial charge in [-0.3, -0.25) is 9.89 Å². The van der Waals surface area contributed by atoms with Crippen molar-refractivity contribution in [2.24, 2.45) is 0 Å². The van der Waals surface area contributed by atoms with Crippen LogP contribution in [0.3, 0.4) is 0 Å². The Balaban J connectivity index is 1.26. The SMILES string of the molecule is O=C(Nc1ccc(OCc2ccccc2)cc1)c1cccc(-c2ccc3[nH]nnc3n2)c1. The van der Waals surface area contributed by atoms with Gasteiger partial charge in [0.1, 0.15) is 17.9 Å². The normalized spacial score (nSPS) is 10.8. The van der Waals surface area contributed by atoms with Gasteiger partial charge >= 0.3 is 0 Å². The summed E-state index contributed by atoms with van der Waals surface area (Å²) >= 11 is 0. The second-order valence-corrected chi connectivity index (χ2v) is 7.21. The standard InChI is InChI=1S/C25H19N5O2/c31-25(26-20-9-11-21(12-10-20)32-16-17-5-2-1-3-6-17)19-8-4-7-18(15-19)22-13-14-23-24(27-22)29-30-28-23/h1-15H,16H2,(H,26,31)(H,27,28,29,30). The van der Waals surface area contributed by atoms with Gasteiger partial charge in [0.25, 0.3) is 5.91 Å². The molecule has 2 N–H and O–H groups in total. The number of hydrogen-bond donors (Lipinski definition) is 2. The van der Waals surface area contributed by atoms with E-state index in [0.717, 1.165) is 28.1 Å². The first-order valence-electron chi connectivity index (χ1n) is 10.1. The molecule has 2 heterocycles. The van der Waals surface area contributed by atoms with E-state index >= 15 is 0 Å². The molecule has 32 heavy (non-hydrogen) atoms. The van der Waals surface area contributed by atoms with Crippen molar-refractivity contribution in [2.45, 2.75) is 6.61 Å². The number of benzene rings is 3. The predicted molar refractivity (Wildman–Crippen MR) is 122 cm³/mol. The van der Waals surface area contributed by atoms with Crippen LogP contribution in [0.5, 0.6) is 5.75 Å². The first-order chi connectivity index (χ1) is 15.7. The zero-order chi connectivity index (χ0) is 21.8. The Hall–Kier alpha value is -4.52. The van der Waals surface area contributed by atoms with Crippen molar-refractivity contribution in [3.05, 3.63) is 102 Å². The van der Waals surface area contributed by atoms with Crippen molar-refractivity contribution in [3.8, 4) is 17.0 Å². The summed E-state index contributed by atoms with van der Waals surface area (Å²) in [5, 5.41) is 13.4. The Morgan fingerprint density at radius 3 is 2.59 bits per heavy atom. The maximum atomic E-state index is 12.8. The van der Waals surface area contributed by atoms with Crippen LogP contribution in [0.15, 0.2) is 91.0 Å². The highest BCUT2D eigenvalue weighted by Crippen LogP contribution is 2.22. The smallest absolute Gasteiger partial charge is 0.255 e. The molecule has 0 fully saturated rings. The maximum Gasteiger partial charge on any atom is 0.255 e. The quantitative estimate of drug-likeness (QED) is 0.409. The lowest BCUT2D eigenvalue weighted by Crippen LogP contribution is -2.11. The minimum atomic E-state index is -0.202. The number of aromatic nitrogens is 4. The average Bonchev–Trinajstić information content (AvgIpc) is 3.32. The molecule has 0 aliphatic rings. The van der Waals surface area contributed by atoms with E-state index in [9.17, 15) is 4.79 Å². The molecule has 0 unspecified atom stereocenters. The first-order valence-corrected chi connectivity index (χ1v) is 10.1. The van der Waals surface area contributed by atoms with Gasteiger partial charge < -0.3 is 10.1 Å². The summed E-state index contributed by atoms with van der Waals surface area (Å²) in [6, 6.07) is 28.3. The van der Waals surface area contributed by atoms with E-state index in [1.165, 1.54) is 0 Å². The number of pyridine rings is 1. The lowest BCUT2D eigenvalue weighted by molar-refractivity contribution is 0.102. The highest BCUT2D eigenvalue weighted by atomic mass is 16.5. The number of carbonyl (C=O) groups is 1. The lowest BCUT2D eigenvalue weighted by Gasteiger charge is -2.09. The van der Waals surface area contributed by atoms with Crippen LogP contribution in [-0.2, 0) is 6.61 Å². The molecule has 7 heteroatoms. The van der Waals surface area contributed by atoms with Gasteiger partial charge in [0.05, 0.1) is 5.69 Å². The van der Waals surface area contributed by atoms with Crippen molar-refractivity contribution in [1.82, 2.24) is 20.4 Å². The van der Waals surface area contributed by atoms with Gasteiger partial charge in [0.2, 0.25) is 5.65 Å². The minimum absolute atomic E-state index is 0.202. The largest absolute Gasteiger partial charge is 0.489 e. The topological polar surface area (TPSA) is 92.8 Å². The highest BCUT2D eigenvalue weighted by Gasteiger charge is 2.10. The molecule has 156 valence electrons. The first kappa shape index (κ1) is 19.4. The van der Waals surface area contributed by atoms with Gasteiger partial charge in [-0.1, -0.05) is 47.7 Å². The molecule has 0 aliphatic carbocycles. The van der Waals surface area contributed by atoms with Gasteiger partial charge in [-0.2, -0.15) is 0 Å². The Bertz CT molecular complexity index is 1360. The zero-order valence-electron chi connectivity index (χ0n) is 17.0. The second-order valence-electron chi connectivity index (χ2n) is 7.21. The van der Waals surface area contributed by atoms with Crippen LogP contribution in [0.4, 0.5) is 5.69 Å². The molecule has 0 saturated carbocycles.